The number of rotatable bonds is 3. The van der Waals surface area contributed by atoms with Gasteiger partial charge >= 0.3 is 0 Å². The summed E-state index contributed by atoms with van der Waals surface area (Å²) < 4.78 is 9.64. The predicted molar refractivity (Wildman–Crippen MR) is 57.5 cm³/mol. The molecule has 2 rings (SSSR count). The molecule has 5 nitrogen and oxygen atoms in total. The Bertz CT molecular complexity index is 480. The van der Waals surface area contributed by atoms with Crippen molar-refractivity contribution in [3.63, 3.8) is 0 Å². The van der Waals surface area contributed by atoms with Crippen LogP contribution in [-0.4, -0.2) is 18.2 Å². The van der Waals surface area contributed by atoms with E-state index in [-0.39, 0.29) is 5.91 Å². The first-order valence-corrected chi connectivity index (χ1v) is 4.64. The highest BCUT2D eigenvalue weighted by molar-refractivity contribution is 6.04. The van der Waals surface area contributed by atoms with Gasteiger partial charge in [-0.25, -0.2) is 0 Å². The SMILES string of the molecule is COc1cccc(C(=O)Nc2cnoc2)c1. The summed E-state index contributed by atoms with van der Waals surface area (Å²) in [5, 5.41) is 6.13. The van der Waals surface area contributed by atoms with Crippen LogP contribution in [0.3, 0.4) is 0 Å². The van der Waals surface area contributed by atoms with E-state index in [9.17, 15) is 4.79 Å². The molecule has 0 spiro atoms. The molecule has 1 aromatic carbocycles. The van der Waals surface area contributed by atoms with Crippen LogP contribution in [0.4, 0.5) is 5.69 Å². The van der Waals surface area contributed by atoms with Gasteiger partial charge in [0.1, 0.15) is 17.7 Å². The van der Waals surface area contributed by atoms with Gasteiger partial charge in [-0.15, -0.1) is 0 Å². The van der Waals surface area contributed by atoms with Crippen LogP contribution >= 0.6 is 0 Å². The van der Waals surface area contributed by atoms with Crippen LogP contribution in [0.15, 0.2) is 41.2 Å². The lowest BCUT2D eigenvalue weighted by Gasteiger charge is -2.04. The van der Waals surface area contributed by atoms with Crippen LogP contribution < -0.4 is 10.1 Å². The minimum absolute atomic E-state index is 0.234. The van der Waals surface area contributed by atoms with Crippen molar-refractivity contribution >= 4 is 11.6 Å². The van der Waals surface area contributed by atoms with E-state index in [0.717, 1.165) is 0 Å². The molecular formula is C11H10N2O3. The van der Waals surface area contributed by atoms with Crippen molar-refractivity contribution in [1.82, 2.24) is 5.16 Å². The number of amides is 1. The van der Waals surface area contributed by atoms with Gasteiger partial charge in [0.05, 0.1) is 13.3 Å². The minimum Gasteiger partial charge on any atom is -0.497 e. The number of methoxy groups -OCH3 is 1. The van der Waals surface area contributed by atoms with Gasteiger partial charge in [-0.3, -0.25) is 4.79 Å². The lowest BCUT2D eigenvalue weighted by molar-refractivity contribution is 0.102. The fraction of sp³-hybridized carbons (Fsp3) is 0.0909. The molecule has 1 amide bonds. The number of aromatic nitrogens is 1. The molecule has 0 radical (unpaired) electrons. The van der Waals surface area contributed by atoms with Crippen molar-refractivity contribution in [1.29, 1.82) is 0 Å². The van der Waals surface area contributed by atoms with Crippen LogP contribution in [0.1, 0.15) is 10.4 Å². The molecule has 1 heterocycles. The van der Waals surface area contributed by atoms with E-state index in [4.69, 9.17) is 4.74 Å². The van der Waals surface area contributed by atoms with Crippen molar-refractivity contribution < 1.29 is 14.1 Å². The zero-order valence-electron chi connectivity index (χ0n) is 8.64. The van der Waals surface area contributed by atoms with Gasteiger partial charge in [0.15, 0.2) is 0 Å². The number of nitrogens with one attached hydrogen (secondary N) is 1. The molecule has 0 aliphatic heterocycles. The second-order valence-corrected chi connectivity index (χ2v) is 3.10. The number of hydrogen-bond acceptors (Lipinski definition) is 4. The molecule has 5 heteroatoms. The maximum absolute atomic E-state index is 11.7. The third-order valence-electron chi connectivity index (χ3n) is 2.02. The number of benzene rings is 1. The van der Waals surface area contributed by atoms with E-state index in [1.165, 1.54) is 12.5 Å². The molecule has 16 heavy (non-hydrogen) atoms. The molecular weight excluding hydrogens is 208 g/mol. The van der Waals surface area contributed by atoms with E-state index >= 15 is 0 Å². The van der Waals surface area contributed by atoms with E-state index < -0.39 is 0 Å². The highest BCUT2D eigenvalue weighted by atomic mass is 16.5. The average Bonchev–Trinajstić information content (AvgIpc) is 2.82. The van der Waals surface area contributed by atoms with Gasteiger partial charge in [-0.1, -0.05) is 11.2 Å². The molecule has 0 aliphatic rings. The maximum Gasteiger partial charge on any atom is 0.255 e. The normalized spacial score (nSPS) is 9.81. The fourth-order valence-corrected chi connectivity index (χ4v) is 1.23. The third-order valence-corrected chi connectivity index (χ3v) is 2.02. The Morgan fingerprint density at radius 2 is 2.38 bits per heavy atom. The maximum atomic E-state index is 11.7. The highest BCUT2D eigenvalue weighted by Gasteiger charge is 2.07. The third kappa shape index (κ3) is 2.20. The van der Waals surface area contributed by atoms with Gasteiger partial charge in [-0.05, 0) is 18.2 Å². The second-order valence-electron chi connectivity index (χ2n) is 3.10. The lowest BCUT2D eigenvalue weighted by Crippen LogP contribution is -2.11. The quantitative estimate of drug-likeness (QED) is 0.854. The first kappa shape index (κ1) is 10.2. The second kappa shape index (κ2) is 4.48. The summed E-state index contributed by atoms with van der Waals surface area (Å²) in [6, 6.07) is 6.88. The smallest absolute Gasteiger partial charge is 0.255 e. The molecule has 1 aromatic heterocycles. The Morgan fingerprint density at radius 3 is 3.06 bits per heavy atom. The number of carbonyl (C=O) groups is 1. The first-order valence-electron chi connectivity index (χ1n) is 4.64. The van der Waals surface area contributed by atoms with Crippen LogP contribution in [-0.2, 0) is 0 Å². The summed E-state index contributed by atoms with van der Waals surface area (Å²) in [5.74, 6) is 0.403. The van der Waals surface area contributed by atoms with Crippen LogP contribution in [0.2, 0.25) is 0 Å². The summed E-state index contributed by atoms with van der Waals surface area (Å²) in [6.45, 7) is 0. The van der Waals surface area contributed by atoms with E-state index in [2.05, 4.69) is 15.0 Å². The van der Waals surface area contributed by atoms with Crippen molar-refractivity contribution in [3.05, 3.63) is 42.3 Å². The molecule has 0 saturated heterocycles. The van der Waals surface area contributed by atoms with Crippen molar-refractivity contribution in [2.75, 3.05) is 12.4 Å². The zero-order valence-corrected chi connectivity index (χ0v) is 8.64. The van der Waals surface area contributed by atoms with Gasteiger partial charge < -0.3 is 14.6 Å². The summed E-state index contributed by atoms with van der Waals surface area (Å²) in [7, 11) is 1.55. The van der Waals surface area contributed by atoms with Crippen molar-refractivity contribution in [2.24, 2.45) is 0 Å². The van der Waals surface area contributed by atoms with Gasteiger partial charge in [-0.2, -0.15) is 0 Å². The standard InChI is InChI=1S/C11H10N2O3/c1-15-10-4-2-3-8(5-10)11(14)13-9-6-12-16-7-9/h2-7H,1H3,(H,13,14). The van der Waals surface area contributed by atoms with Crippen LogP contribution in [0.5, 0.6) is 5.75 Å². The van der Waals surface area contributed by atoms with Crippen LogP contribution in [0, 0.1) is 0 Å². The number of nitrogens with zero attached hydrogens (tertiary/aromatic N) is 1. The largest absolute Gasteiger partial charge is 0.497 e. The fourth-order valence-electron chi connectivity index (χ4n) is 1.23. The summed E-state index contributed by atoms with van der Waals surface area (Å²) in [5.41, 5.74) is 1.04. The van der Waals surface area contributed by atoms with E-state index in [1.807, 2.05) is 0 Å². The summed E-state index contributed by atoms with van der Waals surface area (Å²) in [6.07, 6.45) is 2.79. The first-order chi connectivity index (χ1) is 7.79. The monoisotopic (exact) mass is 218 g/mol. The molecule has 0 fully saturated rings. The van der Waals surface area contributed by atoms with Gasteiger partial charge in [0.25, 0.3) is 5.91 Å². The van der Waals surface area contributed by atoms with E-state index in [1.54, 1.807) is 31.4 Å². The van der Waals surface area contributed by atoms with E-state index in [0.29, 0.717) is 17.0 Å². The Labute approximate surface area is 92.0 Å². The molecule has 2 aromatic rings. The predicted octanol–water partition coefficient (Wildman–Crippen LogP) is 1.94. The minimum atomic E-state index is -0.234. The molecule has 0 atom stereocenters. The Hall–Kier alpha value is -2.30. The highest BCUT2D eigenvalue weighted by Crippen LogP contribution is 2.14. The lowest BCUT2D eigenvalue weighted by atomic mass is 10.2. The zero-order chi connectivity index (χ0) is 11.4. The Balaban J connectivity index is 2.14. The number of carbonyl (C=O) groups excluding carboxylic acids is 1. The summed E-state index contributed by atoms with van der Waals surface area (Å²) in [4.78, 5) is 11.7. The van der Waals surface area contributed by atoms with Crippen LogP contribution in [0.25, 0.3) is 0 Å². The topological polar surface area (TPSA) is 64.4 Å². The number of ether oxygens (including phenoxy) is 1. The Morgan fingerprint density at radius 1 is 1.50 bits per heavy atom. The Kier molecular flexibility index (Phi) is 2.86. The summed E-state index contributed by atoms with van der Waals surface area (Å²) >= 11 is 0. The molecule has 0 saturated carbocycles. The number of anilines is 1. The molecule has 82 valence electrons. The number of hydrogen-bond donors (Lipinski definition) is 1. The molecule has 0 unspecified atom stereocenters. The average molecular weight is 218 g/mol. The molecule has 1 N–H and O–H groups in total. The molecule has 0 aliphatic carbocycles. The van der Waals surface area contributed by atoms with Crippen molar-refractivity contribution in [3.8, 4) is 5.75 Å². The molecule has 0 bridgehead atoms. The van der Waals surface area contributed by atoms with Gasteiger partial charge in [0, 0.05) is 5.56 Å². The van der Waals surface area contributed by atoms with Crippen molar-refractivity contribution in [2.45, 2.75) is 0 Å². The van der Waals surface area contributed by atoms with Gasteiger partial charge in [0.2, 0.25) is 0 Å².